The maximum Gasteiger partial charge on any atom is 0.328 e. The monoisotopic (exact) mass is 197 g/mol. The third kappa shape index (κ3) is 4.07. The first kappa shape index (κ1) is 10.8. The van der Waals surface area contributed by atoms with E-state index in [9.17, 15) is 9.59 Å². The molecular formula is C10H15NO3. The highest BCUT2D eigenvalue weighted by Crippen LogP contribution is 2.28. The van der Waals surface area contributed by atoms with E-state index in [1.165, 1.54) is 19.3 Å². The van der Waals surface area contributed by atoms with Crippen molar-refractivity contribution in [3.8, 4) is 0 Å². The van der Waals surface area contributed by atoms with Crippen molar-refractivity contribution in [3.63, 3.8) is 0 Å². The van der Waals surface area contributed by atoms with Crippen LogP contribution in [0.3, 0.4) is 0 Å². The Kier molecular flexibility index (Phi) is 4.16. The van der Waals surface area contributed by atoms with Gasteiger partial charge in [-0.05, 0) is 12.3 Å². The lowest BCUT2D eigenvalue weighted by atomic mass is 9.83. The molecule has 0 atom stereocenters. The molecule has 0 unspecified atom stereocenters. The molecule has 0 aliphatic heterocycles. The van der Waals surface area contributed by atoms with Crippen LogP contribution in [0.1, 0.15) is 25.7 Å². The molecule has 0 saturated heterocycles. The number of rotatable bonds is 5. The summed E-state index contributed by atoms with van der Waals surface area (Å²) in [5, 5.41) is 10.9. The van der Waals surface area contributed by atoms with Crippen LogP contribution >= 0.6 is 0 Å². The molecule has 14 heavy (non-hydrogen) atoms. The van der Waals surface area contributed by atoms with Crippen molar-refractivity contribution in [1.29, 1.82) is 0 Å². The largest absolute Gasteiger partial charge is 0.478 e. The zero-order valence-corrected chi connectivity index (χ0v) is 8.03. The Morgan fingerprint density at radius 1 is 1.36 bits per heavy atom. The van der Waals surface area contributed by atoms with E-state index in [2.05, 4.69) is 5.32 Å². The van der Waals surface area contributed by atoms with Crippen LogP contribution in [-0.4, -0.2) is 23.5 Å². The third-order valence-electron chi connectivity index (χ3n) is 2.45. The fraction of sp³-hybridized carbons (Fsp3) is 0.600. The van der Waals surface area contributed by atoms with Crippen molar-refractivity contribution >= 4 is 11.9 Å². The van der Waals surface area contributed by atoms with Gasteiger partial charge in [-0.2, -0.15) is 0 Å². The Morgan fingerprint density at radius 2 is 2.07 bits per heavy atom. The lowest BCUT2D eigenvalue weighted by Crippen LogP contribution is -2.25. The Balaban J connectivity index is 2.05. The molecule has 0 aromatic carbocycles. The molecule has 1 fully saturated rings. The number of carboxylic acids is 1. The highest BCUT2D eigenvalue weighted by Gasteiger charge is 2.16. The van der Waals surface area contributed by atoms with Gasteiger partial charge in [0.2, 0.25) is 5.91 Å². The Hall–Kier alpha value is -1.32. The number of hydrogen-bond acceptors (Lipinski definition) is 2. The van der Waals surface area contributed by atoms with E-state index >= 15 is 0 Å². The molecule has 4 heteroatoms. The fourth-order valence-corrected chi connectivity index (χ4v) is 1.39. The summed E-state index contributed by atoms with van der Waals surface area (Å²) in [6.07, 6.45) is 6.73. The molecular weight excluding hydrogens is 182 g/mol. The van der Waals surface area contributed by atoms with Gasteiger partial charge >= 0.3 is 5.97 Å². The summed E-state index contributed by atoms with van der Waals surface area (Å²) in [5.74, 6) is -0.662. The first-order chi connectivity index (χ1) is 6.68. The molecule has 78 valence electrons. The minimum atomic E-state index is -1.10. The number of carboxylic acid groups (broad SMARTS) is 1. The van der Waals surface area contributed by atoms with Crippen LogP contribution in [-0.2, 0) is 9.59 Å². The molecule has 1 saturated carbocycles. The summed E-state index contributed by atoms with van der Waals surface area (Å²) >= 11 is 0. The standard InChI is InChI=1S/C10H15NO3/c12-9(4-5-10(13)14)11-7-6-8-2-1-3-8/h4-5,8H,1-3,6-7H2,(H,11,12)(H,13,14)/b5-4+. The van der Waals surface area contributed by atoms with Gasteiger partial charge in [0.15, 0.2) is 0 Å². The highest BCUT2D eigenvalue weighted by molar-refractivity contribution is 5.93. The maximum absolute atomic E-state index is 11.0. The van der Waals surface area contributed by atoms with Gasteiger partial charge in [0.1, 0.15) is 0 Å². The molecule has 0 bridgehead atoms. The molecule has 0 aromatic heterocycles. The average Bonchev–Trinajstić information content (AvgIpc) is 2.06. The van der Waals surface area contributed by atoms with Crippen LogP contribution < -0.4 is 5.32 Å². The van der Waals surface area contributed by atoms with E-state index in [0.29, 0.717) is 6.54 Å². The summed E-state index contributed by atoms with van der Waals surface area (Å²) in [6.45, 7) is 0.646. The Labute approximate surface area is 83.0 Å². The molecule has 0 radical (unpaired) electrons. The average molecular weight is 197 g/mol. The number of carbonyl (C=O) groups excluding carboxylic acids is 1. The summed E-state index contributed by atoms with van der Waals surface area (Å²) in [6, 6.07) is 0. The number of aliphatic carboxylic acids is 1. The minimum Gasteiger partial charge on any atom is -0.478 e. The third-order valence-corrected chi connectivity index (χ3v) is 2.45. The van der Waals surface area contributed by atoms with E-state index in [1.807, 2.05) is 0 Å². The van der Waals surface area contributed by atoms with Crippen molar-refractivity contribution in [3.05, 3.63) is 12.2 Å². The molecule has 0 aromatic rings. The second-order valence-corrected chi connectivity index (χ2v) is 3.55. The highest BCUT2D eigenvalue weighted by atomic mass is 16.4. The lowest BCUT2D eigenvalue weighted by molar-refractivity contribution is -0.131. The van der Waals surface area contributed by atoms with Crippen LogP contribution in [0.5, 0.6) is 0 Å². The predicted molar refractivity (Wildman–Crippen MR) is 51.7 cm³/mol. The van der Waals surface area contributed by atoms with Crippen LogP contribution in [0, 0.1) is 5.92 Å². The van der Waals surface area contributed by atoms with E-state index < -0.39 is 5.97 Å². The van der Waals surface area contributed by atoms with E-state index in [0.717, 1.165) is 24.5 Å². The van der Waals surface area contributed by atoms with Crippen LogP contribution in [0.25, 0.3) is 0 Å². The number of hydrogen-bond donors (Lipinski definition) is 2. The van der Waals surface area contributed by atoms with Gasteiger partial charge in [-0.3, -0.25) is 4.79 Å². The normalized spacial score (nSPS) is 16.6. The first-order valence-corrected chi connectivity index (χ1v) is 4.87. The van der Waals surface area contributed by atoms with Crippen molar-refractivity contribution in [2.24, 2.45) is 5.92 Å². The van der Waals surface area contributed by atoms with Crippen molar-refractivity contribution in [2.45, 2.75) is 25.7 Å². The molecule has 1 aliphatic rings. The topological polar surface area (TPSA) is 66.4 Å². The molecule has 1 amide bonds. The smallest absolute Gasteiger partial charge is 0.328 e. The summed E-state index contributed by atoms with van der Waals surface area (Å²) in [4.78, 5) is 21.0. The number of nitrogens with one attached hydrogen (secondary N) is 1. The van der Waals surface area contributed by atoms with Crippen molar-refractivity contribution in [1.82, 2.24) is 5.32 Å². The molecule has 2 N–H and O–H groups in total. The summed E-state index contributed by atoms with van der Waals surface area (Å²) < 4.78 is 0. The van der Waals surface area contributed by atoms with Gasteiger partial charge < -0.3 is 10.4 Å². The molecule has 0 heterocycles. The van der Waals surface area contributed by atoms with Gasteiger partial charge in [-0.1, -0.05) is 19.3 Å². The van der Waals surface area contributed by atoms with Gasteiger partial charge in [-0.25, -0.2) is 4.79 Å². The van der Waals surface area contributed by atoms with Crippen LogP contribution in [0.2, 0.25) is 0 Å². The van der Waals surface area contributed by atoms with Crippen LogP contribution in [0.4, 0.5) is 0 Å². The Morgan fingerprint density at radius 3 is 2.57 bits per heavy atom. The van der Waals surface area contributed by atoms with Gasteiger partial charge in [0.05, 0.1) is 0 Å². The van der Waals surface area contributed by atoms with E-state index in [1.54, 1.807) is 0 Å². The van der Waals surface area contributed by atoms with Crippen molar-refractivity contribution < 1.29 is 14.7 Å². The van der Waals surface area contributed by atoms with E-state index in [-0.39, 0.29) is 5.91 Å². The van der Waals surface area contributed by atoms with Crippen molar-refractivity contribution in [2.75, 3.05) is 6.54 Å². The molecule has 1 aliphatic carbocycles. The zero-order valence-electron chi connectivity index (χ0n) is 8.03. The zero-order chi connectivity index (χ0) is 10.4. The summed E-state index contributed by atoms with van der Waals surface area (Å²) in [7, 11) is 0. The second-order valence-electron chi connectivity index (χ2n) is 3.55. The Bertz CT molecular complexity index is 244. The first-order valence-electron chi connectivity index (χ1n) is 4.87. The maximum atomic E-state index is 11.0. The number of carbonyl (C=O) groups is 2. The second kappa shape index (κ2) is 5.42. The van der Waals surface area contributed by atoms with E-state index in [4.69, 9.17) is 5.11 Å². The SMILES string of the molecule is O=C(O)/C=C/C(=O)NCCC1CCC1. The lowest BCUT2D eigenvalue weighted by Gasteiger charge is -2.24. The van der Waals surface area contributed by atoms with Crippen LogP contribution in [0.15, 0.2) is 12.2 Å². The minimum absolute atomic E-state index is 0.327. The van der Waals surface area contributed by atoms with Gasteiger partial charge in [-0.15, -0.1) is 0 Å². The molecule has 0 spiro atoms. The fourth-order valence-electron chi connectivity index (χ4n) is 1.39. The van der Waals surface area contributed by atoms with Gasteiger partial charge in [0.25, 0.3) is 0 Å². The number of amides is 1. The summed E-state index contributed by atoms with van der Waals surface area (Å²) in [5.41, 5.74) is 0. The molecule has 1 rings (SSSR count). The quantitative estimate of drug-likeness (QED) is 0.644. The predicted octanol–water partition coefficient (Wildman–Crippen LogP) is 0.934. The van der Waals surface area contributed by atoms with Gasteiger partial charge in [0, 0.05) is 18.7 Å². The molecule has 4 nitrogen and oxygen atoms in total.